The van der Waals surface area contributed by atoms with E-state index < -0.39 is 34.0 Å². The van der Waals surface area contributed by atoms with Crippen LogP contribution >= 0.6 is 0 Å². The van der Waals surface area contributed by atoms with Crippen LogP contribution in [-0.4, -0.2) is 50.9 Å². The summed E-state index contributed by atoms with van der Waals surface area (Å²) in [5.41, 5.74) is 0.492. The summed E-state index contributed by atoms with van der Waals surface area (Å²) in [7, 11) is -3.60. The molecule has 0 spiro atoms. The molecule has 1 atom stereocenters. The highest BCUT2D eigenvalue weighted by Gasteiger charge is 2.30. The third-order valence-electron chi connectivity index (χ3n) is 5.33. The molecule has 0 bridgehead atoms. The summed E-state index contributed by atoms with van der Waals surface area (Å²) in [6, 6.07) is 5.99. The molecule has 1 heterocycles. The Morgan fingerprint density at radius 1 is 1.19 bits per heavy atom. The van der Waals surface area contributed by atoms with Crippen molar-refractivity contribution in [1.82, 2.24) is 15.4 Å². The van der Waals surface area contributed by atoms with E-state index in [1.54, 1.807) is 18.2 Å². The van der Waals surface area contributed by atoms with E-state index in [0.717, 1.165) is 32.1 Å². The number of amidine groups is 1. The number of imide groups is 1. The number of hydrogen-bond acceptors (Lipinski definition) is 7. The molecule has 11 heteroatoms. The van der Waals surface area contributed by atoms with E-state index in [0.29, 0.717) is 12.0 Å². The normalized spacial score (nSPS) is 19.5. The summed E-state index contributed by atoms with van der Waals surface area (Å²) in [5, 5.41) is 4.97. The van der Waals surface area contributed by atoms with E-state index in [1.807, 2.05) is 0 Å². The van der Waals surface area contributed by atoms with Gasteiger partial charge in [-0.05, 0) is 38.3 Å². The Balaban J connectivity index is 1.38. The summed E-state index contributed by atoms with van der Waals surface area (Å²) in [4.78, 5) is 40.4. The van der Waals surface area contributed by atoms with Crippen molar-refractivity contribution < 1.29 is 27.5 Å². The highest BCUT2D eigenvalue weighted by Crippen LogP contribution is 2.22. The van der Waals surface area contributed by atoms with Gasteiger partial charge in [-0.25, -0.2) is 13.2 Å². The number of aliphatic imine (C=N–C) groups is 1. The maximum Gasteiger partial charge on any atom is 0.321 e. The van der Waals surface area contributed by atoms with Crippen LogP contribution in [0.3, 0.4) is 0 Å². The average Bonchev–Trinajstić information content (AvgIpc) is 3.02. The van der Waals surface area contributed by atoms with Crippen LogP contribution in [0.15, 0.2) is 34.2 Å². The van der Waals surface area contributed by atoms with Gasteiger partial charge in [0.05, 0.1) is 4.90 Å². The first kappa shape index (κ1) is 23.7. The lowest BCUT2D eigenvalue weighted by Gasteiger charge is -2.23. The number of ether oxygens (including phenoxy) is 1. The zero-order valence-electron chi connectivity index (χ0n) is 17.9. The van der Waals surface area contributed by atoms with Crippen molar-refractivity contribution in [2.24, 2.45) is 4.99 Å². The topological polar surface area (TPSA) is 143 Å². The molecule has 174 valence electrons. The van der Waals surface area contributed by atoms with E-state index in [9.17, 15) is 22.8 Å². The van der Waals surface area contributed by atoms with E-state index >= 15 is 0 Å². The van der Waals surface area contributed by atoms with Gasteiger partial charge in [0, 0.05) is 24.6 Å². The standard InChI is InChI=1S/C21H28N4O6S/c1-14(20(27)24-21(28)23-15-8-3-2-4-9-15)31-18(26)12-7-13-22-19-16-10-5-6-11-17(16)32(29,30)25-19/h5-6,10-11,14-15H,2-4,7-9,12-13H2,1H3,(H,22,25)(H2,23,24,27,28). The number of nitrogens with one attached hydrogen (secondary N) is 3. The Morgan fingerprint density at radius 2 is 1.91 bits per heavy atom. The third-order valence-corrected chi connectivity index (χ3v) is 6.72. The molecule has 1 unspecified atom stereocenters. The molecular weight excluding hydrogens is 436 g/mol. The van der Waals surface area contributed by atoms with Crippen molar-refractivity contribution in [1.29, 1.82) is 0 Å². The zero-order chi connectivity index (χ0) is 23.1. The molecule has 1 fully saturated rings. The van der Waals surface area contributed by atoms with Gasteiger partial charge in [-0.1, -0.05) is 31.4 Å². The molecule has 3 rings (SSSR count). The summed E-state index contributed by atoms with van der Waals surface area (Å²) in [5.74, 6) is -1.05. The number of sulfonamides is 1. The Labute approximate surface area is 187 Å². The maximum atomic E-state index is 12.1. The highest BCUT2D eigenvalue weighted by molar-refractivity contribution is 7.90. The largest absolute Gasteiger partial charge is 0.453 e. The van der Waals surface area contributed by atoms with Crippen LogP contribution in [0.1, 0.15) is 57.4 Å². The van der Waals surface area contributed by atoms with E-state index in [1.165, 1.54) is 13.0 Å². The molecule has 0 saturated heterocycles. The lowest BCUT2D eigenvalue weighted by Crippen LogP contribution is -2.48. The van der Waals surface area contributed by atoms with E-state index in [-0.39, 0.29) is 29.7 Å². The minimum atomic E-state index is -3.60. The van der Waals surface area contributed by atoms with E-state index in [4.69, 9.17) is 4.74 Å². The Morgan fingerprint density at radius 3 is 2.66 bits per heavy atom. The third kappa shape index (κ3) is 6.28. The molecule has 1 aliphatic carbocycles. The maximum absolute atomic E-state index is 12.1. The Bertz CT molecular complexity index is 1000. The number of carbonyl (C=O) groups excluding carboxylic acids is 3. The van der Waals surface area contributed by atoms with Gasteiger partial charge < -0.3 is 10.1 Å². The van der Waals surface area contributed by atoms with Gasteiger partial charge in [-0.2, -0.15) is 0 Å². The first-order valence-corrected chi connectivity index (χ1v) is 12.2. The number of urea groups is 1. The molecule has 0 aromatic heterocycles. The average molecular weight is 465 g/mol. The second-order valence-electron chi connectivity index (χ2n) is 7.87. The van der Waals surface area contributed by atoms with Crippen molar-refractivity contribution in [3.63, 3.8) is 0 Å². The van der Waals surface area contributed by atoms with Gasteiger partial charge in [0.2, 0.25) is 0 Å². The first-order chi connectivity index (χ1) is 15.3. The first-order valence-electron chi connectivity index (χ1n) is 10.7. The lowest BCUT2D eigenvalue weighted by atomic mass is 9.96. The van der Waals surface area contributed by atoms with Crippen LogP contribution < -0.4 is 15.4 Å². The number of hydrogen-bond donors (Lipinski definition) is 3. The fourth-order valence-electron chi connectivity index (χ4n) is 3.66. The zero-order valence-corrected chi connectivity index (χ0v) is 18.7. The number of carbonyl (C=O) groups is 3. The van der Waals surface area contributed by atoms with Gasteiger partial charge in [-0.3, -0.25) is 24.6 Å². The van der Waals surface area contributed by atoms with Crippen LogP contribution in [0.5, 0.6) is 0 Å². The van der Waals surface area contributed by atoms with Crippen molar-refractivity contribution >= 4 is 33.8 Å². The number of amides is 3. The van der Waals surface area contributed by atoms with Crippen LogP contribution in [-0.2, 0) is 24.3 Å². The molecule has 1 saturated carbocycles. The quantitative estimate of drug-likeness (QED) is 0.413. The molecule has 1 aliphatic heterocycles. The lowest BCUT2D eigenvalue weighted by molar-refractivity contribution is -0.154. The molecule has 3 amide bonds. The predicted octanol–water partition coefficient (Wildman–Crippen LogP) is 1.60. The van der Waals surface area contributed by atoms with Crippen LogP contribution in [0.4, 0.5) is 4.79 Å². The Kier molecular flexibility index (Phi) is 7.84. The van der Waals surface area contributed by atoms with Crippen LogP contribution in [0, 0.1) is 0 Å². The van der Waals surface area contributed by atoms with Crippen molar-refractivity contribution in [3.8, 4) is 0 Å². The smallest absolute Gasteiger partial charge is 0.321 e. The number of rotatable bonds is 7. The van der Waals surface area contributed by atoms with Crippen molar-refractivity contribution in [2.45, 2.75) is 68.9 Å². The molecule has 1 aromatic carbocycles. The SMILES string of the molecule is CC(OC(=O)CCCN=C1NS(=O)(=O)c2ccccc21)C(=O)NC(=O)NC1CCCCC1. The van der Waals surface area contributed by atoms with Gasteiger partial charge in [0.25, 0.3) is 15.9 Å². The summed E-state index contributed by atoms with van der Waals surface area (Å²) in [6.07, 6.45) is 4.24. The van der Waals surface area contributed by atoms with Crippen LogP contribution in [0.25, 0.3) is 0 Å². The molecule has 3 N–H and O–H groups in total. The molecular formula is C21H28N4O6S. The minimum absolute atomic E-state index is 0.00291. The minimum Gasteiger partial charge on any atom is -0.453 e. The van der Waals surface area contributed by atoms with Crippen molar-refractivity contribution in [3.05, 3.63) is 29.8 Å². The molecule has 1 aromatic rings. The molecule has 10 nitrogen and oxygen atoms in total. The van der Waals surface area contributed by atoms with Gasteiger partial charge in [-0.15, -0.1) is 0 Å². The van der Waals surface area contributed by atoms with Gasteiger partial charge in [0.15, 0.2) is 6.10 Å². The predicted molar refractivity (Wildman–Crippen MR) is 117 cm³/mol. The second kappa shape index (κ2) is 10.6. The molecule has 0 radical (unpaired) electrons. The number of benzene rings is 1. The van der Waals surface area contributed by atoms with Crippen molar-refractivity contribution in [2.75, 3.05) is 6.54 Å². The van der Waals surface area contributed by atoms with Gasteiger partial charge in [0.1, 0.15) is 5.84 Å². The number of nitrogens with zero attached hydrogens (tertiary/aromatic N) is 1. The summed E-state index contributed by atoms with van der Waals surface area (Å²) >= 11 is 0. The Hall–Kier alpha value is -2.95. The summed E-state index contributed by atoms with van der Waals surface area (Å²) < 4.78 is 31.6. The van der Waals surface area contributed by atoms with E-state index in [2.05, 4.69) is 20.3 Å². The number of esters is 1. The number of fused-ring (bicyclic) bond motifs is 1. The molecule has 2 aliphatic rings. The summed E-state index contributed by atoms with van der Waals surface area (Å²) in [6.45, 7) is 1.59. The fraction of sp³-hybridized carbons (Fsp3) is 0.524. The van der Waals surface area contributed by atoms with Crippen LogP contribution in [0.2, 0.25) is 0 Å². The fourth-order valence-corrected chi connectivity index (χ4v) is 4.91. The highest BCUT2D eigenvalue weighted by atomic mass is 32.2. The van der Waals surface area contributed by atoms with Gasteiger partial charge >= 0.3 is 12.0 Å². The molecule has 32 heavy (non-hydrogen) atoms. The second-order valence-corrected chi connectivity index (χ2v) is 9.52. The monoisotopic (exact) mass is 464 g/mol.